The van der Waals surface area contributed by atoms with Crippen molar-refractivity contribution in [1.82, 2.24) is 0 Å². The van der Waals surface area contributed by atoms with Crippen molar-refractivity contribution in [3.8, 4) is 0 Å². The Morgan fingerprint density at radius 3 is 2.30 bits per heavy atom. The molecule has 20 heavy (non-hydrogen) atoms. The maximum atomic E-state index is 12.3. The van der Waals surface area contributed by atoms with E-state index in [1.54, 1.807) is 11.9 Å². The first-order valence-corrected chi connectivity index (χ1v) is 6.84. The summed E-state index contributed by atoms with van der Waals surface area (Å²) in [6, 6.07) is 17.4. The highest BCUT2D eigenvalue weighted by molar-refractivity contribution is 6.05. The minimum Gasteiger partial charge on any atom is -0.330 e. The Kier molecular flexibility index (Phi) is 4.91. The molecule has 0 spiro atoms. The smallest absolute Gasteiger partial charge is 0.258 e. The molecule has 2 aromatic rings. The fourth-order valence-electron chi connectivity index (χ4n) is 2.08. The van der Waals surface area contributed by atoms with Gasteiger partial charge in [-0.1, -0.05) is 30.3 Å². The third-order valence-electron chi connectivity index (χ3n) is 3.32. The summed E-state index contributed by atoms with van der Waals surface area (Å²) in [5.41, 5.74) is 8.35. The molecule has 1 amide bonds. The van der Waals surface area contributed by atoms with E-state index in [9.17, 15) is 4.79 Å². The zero-order chi connectivity index (χ0) is 14.4. The van der Waals surface area contributed by atoms with Gasteiger partial charge in [0.05, 0.1) is 0 Å². The van der Waals surface area contributed by atoms with Gasteiger partial charge in [-0.3, -0.25) is 4.79 Å². The van der Waals surface area contributed by atoms with Gasteiger partial charge >= 0.3 is 0 Å². The number of hydrogen-bond donors (Lipinski definition) is 1. The van der Waals surface area contributed by atoms with Crippen LogP contribution in [0.5, 0.6) is 0 Å². The molecule has 0 bridgehead atoms. The van der Waals surface area contributed by atoms with Gasteiger partial charge in [-0.2, -0.15) is 0 Å². The van der Waals surface area contributed by atoms with E-state index in [1.807, 2.05) is 42.5 Å². The summed E-state index contributed by atoms with van der Waals surface area (Å²) in [4.78, 5) is 14.0. The number of amides is 1. The van der Waals surface area contributed by atoms with Crippen molar-refractivity contribution in [3.63, 3.8) is 0 Å². The van der Waals surface area contributed by atoms with E-state index in [-0.39, 0.29) is 5.91 Å². The Labute approximate surface area is 120 Å². The molecule has 3 heteroatoms. The van der Waals surface area contributed by atoms with Gasteiger partial charge < -0.3 is 10.6 Å². The van der Waals surface area contributed by atoms with Crippen LogP contribution in [0.1, 0.15) is 22.3 Å². The van der Waals surface area contributed by atoms with Crippen LogP contribution in [0.3, 0.4) is 0 Å². The molecule has 0 fully saturated rings. The summed E-state index contributed by atoms with van der Waals surface area (Å²) in [6.45, 7) is 0.703. The second kappa shape index (κ2) is 6.87. The first kappa shape index (κ1) is 14.3. The Hall–Kier alpha value is -2.13. The average Bonchev–Trinajstić information content (AvgIpc) is 2.53. The number of carbonyl (C=O) groups is 1. The van der Waals surface area contributed by atoms with Crippen LogP contribution < -0.4 is 10.6 Å². The number of benzene rings is 2. The topological polar surface area (TPSA) is 46.3 Å². The molecule has 0 saturated carbocycles. The molecule has 3 nitrogen and oxygen atoms in total. The molecule has 0 aromatic heterocycles. The van der Waals surface area contributed by atoms with Crippen LogP contribution in [0, 0.1) is 0 Å². The number of nitrogens with two attached hydrogens (primary N) is 1. The quantitative estimate of drug-likeness (QED) is 0.906. The molecule has 0 saturated heterocycles. The highest BCUT2D eigenvalue weighted by Gasteiger charge is 2.12. The van der Waals surface area contributed by atoms with Gasteiger partial charge in [-0.25, -0.2) is 0 Å². The fraction of sp³-hybridized carbons (Fsp3) is 0.235. The highest BCUT2D eigenvalue weighted by Crippen LogP contribution is 2.17. The molecule has 2 aromatic carbocycles. The van der Waals surface area contributed by atoms with Gasteiger partial charge in [0, 0.05) is 18.3 Å². The van der Waals surface area contributed by atoms with Crippen molar-refractivity contribution in [2.45, 2.75) is 12.8 Å². The standard InChI is InChI=1S/C17H20N2O/c1-19(17(20)15-7-3-2-4-8-15)16-11-9-14(10-12-16)6-5-13-18/h2-4,7-12H,5-6,13,18H2,1H3. The number of anilines is 1. The second-order valence-electron chi connectivity index (χ2n) is 4.79. The summed E-state index contributed by atoms with van der Waals surface area (Å²) in [5.74, 6) is 0.000285. The van der Waals surface area contributed by atoms with Gasteiger partial charge in [0.15, 0.2) is 0 Å². The second-order valence-corrected chi connectivity index (χ2v) is 4.79. The summed E-state index contributed by atoms with van der Waals surface area (Å²) < 4.78 is 0. The first-order chi connectivity index (χ1) is 9.72. The van der Waals surface area contributed by atoms with E-state index in [0.717, 1.165) is 18.5 Å². The molecular formula is C17H20N2O. The maximum Gasteiger partial charge on any atom is 0.258 e. The van der Waals surface area contributed by atoms with Crippen LogP contribution >= 0.6 is 0 Å². The van der Waals surface area contributed by atoms with Crippen LogP contribution in [0.4, 0.5) is 5.69 Å². The van der Waals surface area contributed by atoms with E-state index in [1.165, 1.54) is 5.56 Å². The van der Waals surface area contributed by atoms with Crippen LogP contribution in [0.2, 0.25) is 0 Å². The molecule has 0 aliphatic heterocycles. The lowest BCUT2D eigenvalue weighted by atomic mass is 10.1. The van der Waals surface area contributed by atoms with Gasteiger partial charge in [0.2, 0.25) is 0 Å². The molecule has 0 radical (unpaired) electrons. The molecule has 2 N–H and O–H groups in total. The summed E-state index contributed by atoms with van der Waals surface area (Å²) in [7, 11) is 1.80. The third-order valence-corrected chi connectivity index (χ3v) is 3.32. The van der Waals surface area contributed by atoms with Crippen LogP contribution in [0.15, 0.2) is 54.6 Å². The summed E-state index contributed by atoms with van der Waals surface area (Å²) in [5, 5.41) is 0. The molecule has 0 atom stereocenters. The third kappa shape index (κ3) is 3.45. The van der Waals surface area contributed by atoms with Gasteiger partial charge in [-0.15, -0.1) is 0 Å². The Morgan fingerprint density at radius 1 is 1.05 bits per heavy atom. The molecule has 2 rings (SSSR count). The monoisotopic (exact) mass is 268 g/mol. The minimum atomic E-state index is 0.000285. The minimum absolute atomic E-state index is 0.000285. The number of carbonyl (C=O) groups excluding carboxylic acids is 1. The van der Waals surface area contributed by atoms with Crippen molar-refractivity contribution in [1.29, 1.82) is 0 Å². The van der Waals surface area contributed by atoms with E-state index in [4.69, 9.17) is 5.73 Å². The first-order valence-electron chi connectivity index (χ1n) is 6.84. The number of rotatable bonds is 5. The summed E-state index contributed by atoms with van der Waals surface area (Å²) >= 11 is 0. The molecule has 0 aliphatic rings. The Bertz CT molecular complexity index is 549. The maximum absolute atomic E-state index is 12.3. The van der Waals surface area contributed by atoms with Crippen molar-refractivity contribution >= 4 is 11.6 Å². The van der Waals surface area contributed by atoms with Crippen molar-refractivity contribution in [2.24, 2.45) is 5.73 Å². The normalized spacial score (nSPS) is 10.3. The highest BCUT2D eigenvalue weighted by atomic mass is 16.2. The SMILES string of the molecule is CN(C(=O)c1ccccc1)c1ccc(CCCN)cc1. The number of nitrogens with zero attached hydrogens (tertiary/aromatic N) is 1. The lowest BCUT2D eigenvalue weighted by Crippen LogP contribution is -2.26. The largest absolute Gasteiger partial charge is 0.330 e. The predicted octanol–water partition coefficient (Wildman–Crippen LogP) is 2.85. The lowest BCUT2D eigenvalue weighted by molar-refractivity contribution is 0.0993. The molecule has 0 unspecified atom stereocenters. The van der Waals surface area contributed by atoms with Crippen molar-refractivity contribution < 1.29 is 4.79 Å². The average molecular weight is 268 g/mol. The van der Waals surface area contributed by atoms with E-state index < -0.39 is 0 Å². The molecular weight excluding hydrogens is 248 g/mol. The molecule has 0 aliphatic carbocycles. The molecule has 0 heterocycles. The Balaban J connectivity index is 2.09. The number of hydrogen-bond acceptors (Lipinski definition) is 2. The van der Waals surface area contributed by atoms with E-state index >= 15 is 0 Å². The Morgan fingerprint density at radius 2 is 1.70 bits per heavy atom. The predicted molar refractivity (Wildman–Crippen MR) is 83.0 cm³/mol. The van der Waals surface area contributed by atoms with Crippen molar-refractivity contribution in [3.05, 3.63) is 65.7 Å². The van der Waals surface area contributed by atoms with Crippen molar-refractivity contribution in [2.75, 3.05) is 18.5 Å². The zero-order valence-electron chi connectivity index (χ0n) is 11.8. The summed E-state index contributed by atoms with van der Waals surface area (Å²) in [6.07, 6.45) is 1.96. The lowest BCUT2D eigenvalue weighted by Gasteiger charge is -2.17. The van der Waals surface area contributed by atoms with Gasteiger partial charge in [0.25, 0.3) is 5.91 Å². The fourth-order valence-corrected chi connectivity index (χ4v) is 2.08. The van der Waals surface area contributed by atoms with Crippen LogP contribution in [-0.2, 0) is 6.42 Å². The zero-order valence-corrected chi connectivity index (χ0v) is 11.8. The van der Waals surface area contributed by atoms with Crippen LogP contribution in [-0.4, -0.2) is 19.5 Å². The number of aryl methyl sites for hydroxylation is 1. The van der Waals surface area contributed by atoms with Gasteiger partial charge in [-0.05, 0) is 49.2 Å². The van der Waals surface area contributed by atoms with E-state index in [2.05, 4.69) is 12.1 Å². The van der Waals surface area contributed by atoms with E-state index in [0.29, 0.717) is 12.1 Å². The molecule has 104 valence electrons. The van der Waals surface area contributed by atoms with Gasteiger partial charge in [0.1, 0.15) is 0 Å². The van der Waals surface area contributed by atoms with Crippen LogP contribution in [0.25, 0.3) is 0 Å².